The van der Waals surface area contributed by atoms with Gasteiger partial charge in [0.05, 0.1) is 5.75 Å². The number of aromatic amines is 1. The lowest BCUT2D eigenvalue weighted by molar-refractivity contribution is 0.603. The molecule has 0 amide bonds. The summed E-state index contributed by atoms with van der Waals surface area (Å²) >= 11 is 7.29. The van der Waals surface area contributed by atoms with Crippen LogP contribution in [0.25, 0.3) is 0 Å². The topological polar surface area (TPSA) is 76.5 Å². The van der Waals surface area contributed by atoms with Crippen LogP contribution in [0.4, 0.5) is 0 Å². The second-order valence-electron chi connectivity index (χ2n) is 4.00. The van der Waals surface area contributed by atoms with Crippen molar-refractivity contribution in [3.63, 3.8) is 0 Å². The summed E-state index contributed by atoms with van der Waals surface area (Å²) in [7, 11) is 0. The van der Waals surface area contributed by atoms with Gasteiger partial charge in [0.2, 0.25) is 0 Å². The van der Waals surface area contributed by atoms with Gasteiger partial charge in [-0.2, -0.15) is 0 Å². The monoisotopic (exact) mass is 299 g/mol. The molecule has 0 unspecified atom stereocenters. The van der Waals surface area contributed by atoms with Gasteiger partial charge in [0, 0.05) is 12.2 Å². The quantitative estimate of drug-likeness (QED) is 0.675. The number of aryl methyl sites for hydroxylation is 1. The Kier molecular flexibility index (Phi) is 4.60. The van der Waals surface area contributed by atoms with Crippen molar-refractivity contribution in [2.45, 2.75) is 37.7 Å². The highest BCUT2D eigenvalue weighted by molar-refractivity contribution is 7.98. The molecule has 0 fully saturated rings. The Morgan fingerprint density at radius 2 is 2.26 bits per heavy atom. The molecule has 2 heterocycles. The Balaban J connectivity index is 2.12. The van der Waals surface area contributed by atoms with Gasteiger partial charge in [-0.1, -0.05) is 30.3 Å². The highest BCUT2D eigenvalue weighted by Crippen LogP contribution is 2.19. The van der Waals surface area contributed by atoms with E-state index in [-0.39, 0.29) is 5.69 Å². The van der Waals surface area contributed by atoms with Gasteiger partial charge < -0.3 is 0 Å². The lowest BCUT2D eigenvalue weighted by Crippen LogP contribution is -2.17. The molecule has 0 saturated heterocycles. The van der Waals surface area contributed by atoms with Gasteiger partial charge in [0.1, 0.15) is 11.0 Å². The second kappa shape index (κ2) is 6.21. The van der Waals surface area contributed by atoms with E-state index in [9.17, 15) is 4.79 Å². The summed E-state index contributed by atoms with van der Waals surface area (Å²) in [5, 5.41) is 7.52. The van der Waals surface area contributed by atoms with E-state index >= 15 is 0 Å². The minimum absolute atomic E-state index is 0.187. The normalized spacial score (nSPS) is 10.9. The summed E-state index contributed by atoms with van der Waals surface area (Å²) < 4.78 is 1.61. The largest absolute Gasteiger partial charge is 0.343 e. The van der Waals surface area contributed by atoms with E-state index in [0.717, 1.165) is 12.1 Å². The maximum Gasteiger partial charge on any atom is 0.343 e. The van der Waals surface area contributed by atoms with E-state index in [4.69, 9.17) is 11.6 Å². The molecule has 2 rings (SSSR count). The maximum atomic E-state index is 11.5. The first-order chi connectivity index (χ1) is 9.10. The van der Waals surface area contributed by atoms with Gasteiger partial charge >= 0.3 is 5.69 Å². The van der Waals surface area contributed by atoms with Crippen LogP contribution in [0.3, 0.4) is 0 Å². The van der Waals surface area contributed by atoms with Gasteiger partial charge in [-0.15, -0.1) is 5.10 Å². The zero-order valence-electron chi connectivity index (χ0n) is 10.7. The molecule has 8 heteroatoms. The number of aromatic nitrogens is 5. The molecular weight excluding hydrogens is 286 g/mol. The van der Waals surface area contributed by atoms with Crippen molar-refractivity contribution in [2.24, 2.45) is 0 Å². The first kappa shape index (κ1) is 14.1. The number of rotatable bonds is 5. The highest BCUT2D eigenvalue weighted by atomic mass is 35.5. The van der Waals surface area contributed by atoms with Gasteiger partial charge in [-0.05, 0) is 19.4 Å². The van der Waals surface area contributed by atoms with Crippen LogP contribution in [0.5, 0.6) is 0 Å². The van der Waals surface area contributed by atoms with E-state index < -0.39 is 0 Å². The van der Waals surface area contributed by atoms with Crippen LogP contribution >= 0.6 is 23.4 Å². The number of hydrogen-bond donors (Lipinski definition) is 1. The van der Waals surface area contributed by atoms with Gasteiger partial charge in [0.15, 0.2) is 5.16 Å². The lowest BCUT2D eigenvalue weighted by atomic mass is 10.4. The number of nitrogens with one attached hydrogen (secondary N) is 1. The third-order valence-corrected chi connectivity index (χ3v) is 3.54. The number of nitrogens with zero attached hydrogens (tertiary/aromatic N) is 4. The van der Waals surface area contributed by atoms with Crippen molar-refractivity contribution in [2.75, 3.05) is 0 Å². The predicted octanol–water partition coefficient (Wildman–Crippen LogP) is 2.03. The molecule has 19 heavy (non-hydrogen) atoms. The third kappa shape index (κ3) is 3.57. The van der Waals surface area contributed by atoms with Gasteiger partial charge in [-0.3, -0.25) is 4.57 Å². The van der Waals surface area contributed by atoms with E-state index in [1.165, 1.54) is 11.8 Å². The smallest absolute Gasteiger partial charge is 0.270 e. The Labute approximate surface area is 119 Å². The van der Waals surface area contributed by atoms with Crippen LogP contribution in [-0.2, 0) is 12.3 Å². The molecule has 1 N–H and O–H groups in total. The summed E-state index contributed by atoms with van der Waals surface area (Å²) in [6.07, 6.45) is 0.875. The zero-order chi connectivity index (χ0) is 13.8. The molecule has 0 aliphatic heterocycles. The SMILES string of the molecule is CCCn1c(SCc2nc(C)cc(Cl)n2)n[nH]c1=O. The molecule has 2 aromatic heterocycles. The average Bonchev–Trinajstić information content (AvgIpc) is 2.68. The minimum atomic E-state index is -0.187. The second-order valence-corrected chi connectivity index (χ2v) is 5.33. The molecule has 0 atom stereocenters. The van der Waals surface area contributed by atoms with Crippen LogP contribution < -0.4 is 5.69 Å². The molecule has 6 nitrogen and oxygen atoms in total. The number of H-pyrrole nitrogens is 1. The molecule has 2 aromatic rings. The molecule has 0 aromatic carbocycles. The van der Waals surface area contributed by atoms with Crippen molar-refractivity contribution in [1.29, 1.82) is 0 Å². The van der Waals surface area contributed by atoms with Crippen LogP contribution in [-0.4, -0.2) is 24.7 Å². The molecular formula is C11H14ClN5OS. The zero-order valence-corrected chi connectivity index (χ0v) is 12.3. The molecule has 0 aliphatic carbocycles. The van der Waals surface area contributed by atoms with Gasteiger partial charge in [0.25, 0.3) is 0 Å². The Morgan fingerprint density at radius 3 is 2.95 bits per heavy atom. The molecule has 0 radical (unpaired) electrons. The molecule has 0 bridgehead atoms. The fourth-order valence-electron chi connectivity index (χ4n) is 1.62. The standard InChI is InChI=1S/C11H14ClN5OS/c1-3-4-17-10(18)15-16-11(17)19-6-9-13-7(2)5-8(12)14-9/h5H,3-4,6H2,1-2H3,(H,15,18). The third-order valence-electron chi connectivity index (χ3n) is 2.37. The van der Waals surface area contributed by atoms with Gasteiger partial charge in [-0.25, -0.2) is 19.9 Å². The van der Waals surface area contributed by atoms with Crippen molar-refractivity contribution in [3.8, 4) is 0 Å². The summed E-state index contributed by atoms with van der Waals surface area (Å²) in [6.45, 7) is 4.52. The summed E-state index contributed by atoms with van der Waals surface area (Å²) in [4.78, 5) is 20.0. The van der Waals surface area contributed by atoms with Crippen molar-refractivity contribution in [3.05, 3.63) is 33.2 Å². The van der Waals surface area contributed by atoms with E-state index in [1.807, 2.05) is 13.8 Å². The fraction of sp³-hybridized carbons (Fsp3) is 0.455. The van der Waals surface area contributed by atoms with Crippen molar-refractivity contribution >= 4 is 23.4 Å². The predicted molar refractivity (Wildman–Crippen MR) is 74.5 cm³/mol. The average molecular weight is 300 g/mol. The van der Waals surface area contributed by atoms with Crippen molar-refractivity contribution in [1.82, 2.24) is 24.7 Å². The van der Waals surface area contributed by atoms with E-state index in [2.05, 4.69) is 20.2 Å². The van der Waals surface area contributed by atoms with Crippen LogP contribution in [0, 0.1) is 6.92 Å². The Hall–Kier alpha value is -1.34. The Morgan fingerprint density at radius 1 is 1.47 bits per heavy atom. The molecule has 0 aliphatic rings. The Bertz CT molecular complexity index is 604. The molecule has 0 spiro atoms. The van der Waals surface area contributed by atoms with Crippen LogP contribution in [0.1, 0.15) is 24.9 Å². The summed E-state index contributed by atoms with van der Waals surface area (Å²) in [6, 6.07) is 1.71. The summed E-state index contributed by atoms with van der Waals surface area (Å²) in [5.74, 6) is 1.16. The minimum Gasteiger partial charge on any atom is -0.270 e. The number of thioether (sulfide) groups is 1. The number of hydrogen-bond acceptors (Lipinski definition) is 5. The lowest BCUT2D eigenvalue weighted by Gasteiger charge is -2.04. The summed E-state index contributed by atoms with van der Waals surface area (Å²) in [5.41, 5.74) is 0.635. The highest BCUT2D eigenvalue weighted by Gasteiger charge is 2.09. The van der Waals surface area contributed by atoms with E-state index in [1.54, 1.807) is 10.6 Å². The first-order valence-electron chi connectivity index (χ1n) is 5.88. The molecule has 0 saturated carbocycles. The number of halogens is 1. The van der Waals surface area contributed by atoms with Crippen LogP contribution in [0.15, 0.2) is 16.0 Å². The van der Waals surface area contributed by atoms with Crippen LogP contribution in [0.2, 0.25) is 5.15 Å². The first-order valence-corrected chi connectivity index (χ1v) is 7.24. The maximum absolute atomic E-state index is 11.5. The van der Waals surface area contributed by atoms with E-state index in [0.29, 0.717) is 28.4 Å². The van der Waals surface area contributed by atoms with Crippen molar-refractivity contribution < 1.29 is 0 Å². The fourth-order valence-corrected chi connectivity index (χ4v) is 2.70. The molecule has 102 valence electrons.